The van der Waals surface area contributed by atoms with Gasteiger partial charge in [-0.15, -0.1) is 0 Å². The molecule has 0 bridgehead atoms. The predicted molar refractivity (Wildman–Crippen MR) is 82.6 cm³/mol. The summed E-state index contributed by atoms with van der Waals surface area (Å²) in [6, 6.07) is 16.1. The quantitative estimate of drug-likeness (QED) is 0.820. The molecule has 0 aromatic heterocycles. The van der Waals surface area contributed by atoms with Gasteiger partial charge in [-0.25, -0.2) is 0 Å². The van der Waals surface area contributed by atoms with Crippen LogP contribution < -0.4 is 15.2 Å². The number of hydrogen-bond donors (Lipinski definition) is 2. The summed E-state index contributed by atoms with van der Waals surface area (Å²) in [5, 5.41) is 10.1. The molecule has 2 unspecified atom stereocenters. The molecule has 0 saturated heterocycles. The second-order valence-corrected chi connectivity index (χ2v) is 4.87. The van der Waals surface area contributed by atoms with Crippen molar-refractivity contribution in [3.8, 4) is 11.5 Å². The Hall–Kier alpha value is -2.53. The molecule has 0 radical (unpaired) electrons. The molecular weight excluding hydrogens is 282 g/mol. The van der Waals surface area contributed by atoms with E-state index in [1.54, 1.807) is 31.2 Å². The molecule has 22 heavy (non-hydrogen) atoms. The first-order valence-electron chi connectivity index (χ1n) is 6.98. The third-order valence-electron chi connectivity index (χ3n) is 3.11. The zero-order chi connectivity index (χ0) is 15.9. The average molecular weight is 301 g/mol. The van der Waals surface area contributed by atoms with Gasteiger partial charge in [0.15, 0.2) is 6.10 Å². The number of rotatable bonds is 7. The Bertz CT molecular complexity index is 615. The Kier molecular flexibility index (Phi) is 5.38. The maximum Gasteiger partial charge on any atom is 0.258 e. The molecule has 0 aliphatic heterocycles. The molecule has 0 fully saturated rings. The van der Waals surface area contributed by atoms with E-state index in [0.717, 1.165) is 5.56 Å². The van der Waals surface area contributed by atoms with Crippen LogP contribution in [0.3, 0.4) is 0 Å². The lowest BCUT2D eigenvalue weighted by Crippen LogP contribution is -2.30. The first-order valence-corrected chi connectivity index (χ1v) is 6.98. The zero-order valence-electron chi connectivity index (χ0n) is 12.3. The standard InChI is InChI=1S/C17H19NO4/c1-12(17(18)20)22-15-9-5-8-14(10-15)21-11-16(19)13-6-3-2-4-7-13/h2-10,12,16,19H,11H2,1H3,(H2,18,20). The molecule has 0 aliphatic carbocycles. The second-order valence-electron chi connectivity index (χ2n) is 4.87. The van der Waals surface area contributed by atoms with Gasteiger partial charge in [-0.1, -0.05) is 36.4 Å². The summed E-state index contributed by atoms with van der Waals surface area (Å²) in [4.78, 5) is 11.0. The number of nitrogens with two attached hydrogens (primary N) is 1. The fourth-order valence-corrected chi connectivity index (χ4v) is 1.85. The highest BCUT2D eigenvalue weighted by molar-refractivity contribution is 5.78. The summed E-state index contributed by atoms with van der Waals surface area (Å²) >= 11 is 0. The lowest BCUT2D eigenvalue weighted by molar-refractivity contribution is -0.123. The van der Waals surface area contributed by atoms with E-state index in [4.69, 9.17) is 15.2 Å². The topological polar surface area (TPSA) is 81.8 Å². The van der Waals surface area contributed by atoms with Gasteiger partial charge in [0.05, 0.1) is 0 Å². The summed E-state index contributed by atoms with van der Waals surface area (Å²) in [6.07, 6.45) is -1.43. The van der Waals surface area contributed by atoms with Gasteiger partial charge in [-0.2, -0.15) is 0 Å². The molecule has 2 aromatic rings. The van der Waals surface area contributed by atoms with Crippen LogP contribution in [0.25, 0.3) is 0 Å². The highest BCUT2D eigenvalue weighted by atomic mass is 16.5. The average Bonchev–Trinajstić information content (AvgIpc) is 2.53. The van der Waals surface area contributed by atoms with Crippen LogP contribution in [0.5, 0.6) is 11.5 Å². The summed E-state index contributed by atoms with van der Waals surface area (Å²) < 4.78 is 10.9. The molecule has 3 N–H and O–H groups in total. The molecule has 2 rings (SSSR count). The van der Waals surface area contributed by atoms with Crippen molar-refractivity contribution in [1.29, 1.82) is 0 Å². The molecule has 1 amide bonds. The van der Waals surface area contributed by atoms with Gasteiger partial charge in [0.2, 0.25) is 0 Å². The van der Waals surface area contributed by atoms with Crippen molar-refractivity contribution in [1.82, 2.24) is 0 Å². The molecule has 5 heteroatoms. The van der Waals surface area contributed by atoms with E-state index in [2.05, 4.69) is 0 Å². The van der Waals surface area contributed by atoms with Gasteiger partial charge in [-0.3, -0.25) is 4.79 Å². The van der Waals surface area contributed by atoms with E-state index < -0.39 is 18.1 Å². The van der Waals surface area contributed by atoms with Gasteiger partial charge in [0, 0.05) is 6.07 Å². The SMILES string of the molecule is CC(Oc1cccc(OCC(O)c2ccccc2)c1)C(N)=O. The van der Waals surface area contributed by atoms with Crippen molar-refractivity contribution in [2.45, 2.75) is 19.1 Å². The van der Waals surface area contributed by atoms with Crippen LogP contribution in [0, 0.1) is 0 Å². The first kappa shape index (κ1) is 15.9. The van der Waals surface area contributed by atoms with E-state index in [1.165, 1.54) is 0 Å². The normalized spacial score (nSPS) is 13.2. The lowest BCUT2D eigenvalue weighted by atomic mass is 10.1. The number of primary amides is 1. The fourth-order valence-electron chi connectivity index (χ4n) is 1.85. The Balaban J connectivity index is 1.94. The van der Waals surface area contributed by atoms with Crippen LogP contribution in [0.4, 0.5) is 0 Å². The van der Waals surface area contributed by atoms with Crippen LogP contribution >= 0.6 is 0 Å². The maximum absolute atomic E-state index is 11.0. The van der Waals surface area contributed by atoms with Crippen LogP contribution in [-0.4, -0.2) is 23.7 Å². The van der Waals surface area contributed by atoms with Crippen molar-refractivity contribution in [3.63, 3.8) is 0 Å². The number of carbonyl (C=O) groups excluding carboxylic acids is 1. The van der Waals surface area contributed by atoms with Crippen molar-refractivity contribution < 1.29 is 19.4 Å². The first-order chi connectivity index (χ1) is 10.6. The molecular formula is C17H19NO4. The van der Waals surface area contributed by atoms with E-state index >= 15 is 0 Å². The number of aliphatic hydroxyl groups is 1. The number of benzene rings is 2. The van der Waals surface area contributed by atoms with E-state index in [0.29, 0.717) is 11.5 Å². The van der Waals surface area contributed by atoms with Crippen molar-refractivity contribution in [2.75, 3.05) is 6.61 Å². The lowest BCUT2D eigenvalue weighted by Gasteiger charge is -2.15. The van der Waals surface area contributed by atoms with E-state index in [9.17, 15) is 9.90 Å². The molecule has 0 saturated carbocycles. The molecule has 116 valence electrons. The minimum Gasteiger partial charge on any atom is -0.490 e. The van der Waals surface area contributed by atoms with Crippen LogP contribution in [0.2, 0.25) is 0 Å². The monoisotopic (exact) mass is 301 g/mol. The van der Waals surface area contributed by atoms with Crippen molar-refractivity contribution in [3.05, 3.63) is 60.2 Å². The number of aliphatic hydroxyl groups excluding tert-OH is 1. The van der Waals surface area contributed by atoms with Gasteiger partial charge < -0.3 is 20.3 Å². The smallest absolute Gasteiger partial charge is 0.258 e. The third-order valence-corrected chi connectivity index (χ3v) is 3.11. The van der Waals surface area contributed by atoms with Crippen LogP contribution in [-0.2, 0) is 4.79 Å². The fraction of sp³-hybridized carbons (Fsp3) is 0.235. The van der Waals surface area contributed by atoms with Gasteiger partial charge in [0.25, 0.3) is 5.91 Å². The van der Waals surface area contributed by atoms with Gasteiger partial charge in [-0.05, 0) is 24.6 Å². The molecule has 5 nitrogen and oxygen atoms in total. The highest BCUT2D eigenvalue weighted by Crippen LogP contribution is 2.22. The molecule has 2 aromatic carbocycles. The van der Waals surface area contributed by atoms with Gasteiger partial charge >= 0.3 is 0 Å². The molecule has 0 spiro atoms. The van der Waals surface area contributed by atoms with Crippen LogP contribution in [0.1, 0.15) is 18.6 Å². The molecule has 0 aliphatic rings. The maximum atomic E-state index is 11.0. The predicted octanol–water partition coefficient (Wildman–Crippen LogP) is 2.05. The zero-order valence-corrected chi connectivity index (χ0v) is 12.3. The number of amides is 1. The molecule has 2 atom stereocenters. The number of carbonyl (C=O) groups is 1. The molecule has 0 heterocycles. The van der Waals surface area contributed by atoms with Crippen LogP contribution in [0.15, 0.2) is 54.6 Å². The summed E-state index contributed by atoms with van der Waals surface area (Å²) in [5.41, 5.74) is 5.95. The summed E-state index contributed by atoms with van der Waals surface area (Å²) in [6.45, 7) is 1.70. The third kappa shape index (κ3) is 4.49. The Morgan fingerprint density at radius 1 is 1.14 bits per heavy atom. The summed E-state index contributed by atoms with van der Waals surface area (Å²) in [5.74, 6) is 0.493. The Morgan fingerprint density at radius 2 is 1.82 bits per heavy atom. The van der Waals surface area contributed by atoms with E-state index in [-0.39, 0.29) is 6.61 Å². The second kappa shape index (κ2) is 7.47. The highest BCUT2D eigenvalue weighted by Gasteiger charge is 2.11. The Morgan fingerprint density at radius 3 is 2.50 bits per heavy atom. The largest absolute Gasteiger partial charge is 0.490 e. The van der Waals surface area contributed by atoms with Crippen molar-refractivity contribution >= 4 is 5.91 Å². The minimum atomic E-state index is -0.717. The minimum absolute atomic E-state index is 0.124. The van der Waals surface area contributed by atoms with Gasteiger partial charge in [0.1, 0.15) is 24.2 Å². The van der Waals surface area contributed by atoms with Crippen molar-refractivity contribution in [2.24, 2.45) is 5.73 Å². The number of ether oxygens (including phenoxy) is 2. The summed E-state index contributed by atoms with van der Waals surface area (Å²) in [7, 11) is 0. The Labute approximate surface area is 129 Å². The number of hydrogen-bond acceptors (Lipinski definition) is 4. The van der Waals surface area contributed by atoms with E-state index in [1.807, 2.05) is 30.3 Å².